The van der Waals surface area contributed by atoms with Crippen LogP contribution in [-0.2, 0) is 9.53 Å². The molecule has 4 rings (SSSR count). The number of aromatic nitrogens is 1. The van der Waals surface area contributed by atoms with Gasteiger partial charge in [0.2, 0.25) is 5.88 Å². The molecule has 0 saturated carbocycles. The average molecular weight is 464 g/mol. The molecule has 10 heteroatoms. The number of anilines is 1. The molecule has 2 amide bonds. The topological polar surface area (TPSA) is 134 Å². The lowest BCUT2D eigenvalue weighted by atomic mass is 9.98. The Labute approximate surface area is 195 Å². The number of carboxylic acids is 1. The second-order valence-corrected chi connectivity index (χ2v) is 8.15. The molecule has 0 aliphatic heterocycles. The Bertz CT molecular complexity index is 1180. The number of carbonyl (C=O) groups excluding carboxylic acids is 2. The monoisotopic (exact) mass is 464 g/mol. The lowest BCUT2D eigenvalue weighted by molar-refractivity contribution is -0.139. The summed E-state index contributed by atoms with van der Waals surface area (Å²) in [6.45, 7) is 0.218. The standard InChI is InChI=1S/C24H24N4O6/c1-28(2)12-20(23(30)31)25-22(29)19-11-21(34-27-19)26-24(32)33-13-18-16-9-5-3-7-14(16)15-8-4-6-10-17(15)18/h3-11,18,20H,12-13H2,1-2H3,(H,25,29)(H,26,32)(H,30,31). The summed E-state index contributed by atoms with van der Waals surface area (Å²) in [6, 6.07) is 16.0. The van der Waals surface area contributed by atoms with Gasteiger partial charge >= 0.3 is 12.1 Å². The van der Waals surface area contributed by atoms with Gasteiger partial charge in [0.1, 0.15) is 12.6 Å². The van der Waals surface area contributed by atoms with Gasteiger partial charge in [-0.25, -0.2) is 9.59 Å². The van der Waals surface area contributed by atoms with Crippen molar-refractivity contribution in [3.8, 4) is 11.1 Å². The fraction of sp³-hybridized carbons (Fsp3) is 0.250. The first-order valence-corrected chi connectivity index (χ1v) is 10.6. The summed E-state index contributed by atoms with van der Waals surface area (Å²) >= 11 is 0. The molecular weight excluding hydrogens is 440 g/mol. The summed E-state index contributed by atoms with van der Waals surface area (Å²) in [5.74, 6) is -2.11. The van der Waals surface area contributed by atoms with Crippen LogP contribution in [0.2, 0.25) is 0 Å². The number of nitrogens with zero attached hydrogens (tertiary/aromatic N) is 2. The third-order valence-corrected chi connectivity index (χ3v) is 5.46. The number of aliphatic carboxylic acids is 1. The van der Waals surface area contributed by atoms with Gasteiger partial charge in [0.15, 0.2) is 5.69 Å². The molecule has 34 heavy (non-hydrogen) atoms. The molecule has 1 unspecified atom stereocenters. The third-order valence-electron chi connectivity index (χ3n) is 5.46. The van der Waals surface area contributed by atoms with Crippen LogP contribution in [0.5, 0.6) is 0 Å². The molecule has 3 N–H and O–H groups in total. The van der Waals surface area contributed by atoms with E-state index < -0.39 is 24.0 Å². The highest BCUT2D eigenvalue weighted by Gasteiger charge is 2.29. The molecule has 10 nitrogen and oxygen atoms in total. The minimum atomic E-state index is -1.18. The summed E-state index contributed by atoms with van der Waals surface area (Å²) in [6.07, 6.45) is -0.763. The lowest BCUT2D eigenvalue weighted by Gasteiger charge is -2.17. The van der Waals surface area contributed by atoms with E-state index in [0.29, 0.717) is 0 Å². The second kappa shape index (κ2) is 9.75. The number of carbonyl (C=O) groups is 3. The van der Waals surface area contributed by atoms with Gasteiger partial charge in [0.05, 0.1) is 0 Å². The summed E-state index contributed by atoms with van der Waals surface area (Å²) in [7, 11) is 3.38. The molecule has 0 fully saturated rings. The number of likely N-dealkylation sites (N-methyl/N-ethyl adjacent to an activating group) is 1. The molecule has 2 aromatic carbocycles. The molecule has 1 aliphatic rings. The zero-order valence-electron chi connectivity index (χ0n) is 18.6. The molecule has 1 atom stereocenters. The van der Waals surface area contributed by atoms with Crippen LogP contribution in [0, 0.1) is 0 Å². The Morgan fingerprint density at radius 1 is 1.09 bits per heavy atom. The number of amides is 2. The Balaban J connectivity index is 1.36. The maximum Gasteiger partial charge on any atom is 0.414 e. The predicted octanol–water partition coefficient (Wildman–Crippen LogP) is 2.78. The molecule has 1 aliphatic carbocycles. The maximum absolute atomic E-state index is 12.4. The number of hydrogen-bond donors (Lipinski definition) is 3. The van der Waals surface area contributed by atoms with E-state index >= 15 is 0 Å². The van der Waals surface area contributed by atoms with E-state index in [2.05, 4.69) is 15.8 Å². The van der Waals surface area contributed by atoms with E-state index in [4.69, 9.17) is 9.26 Å². The zero-order chi connectivity index (χ0) is 24.2. The van der Waals surface area contributed by atoms with Crippen LogP contribution in [0.1, 0.15) is 27.5 Å². The van der Waals surface area contributed by atoms with Crippen molar-refractivity contribution in [1.29, 1.82) is 0 Å². The molecule has 1 heterocycles. The second-order valence-electron chi connectivity index (χ2n) is 8.15. The molecule has 0 saturated heterocycles. The number of nitrogens with one attached hydrogen (secondary N) is 2. The lowest BCUT2D eigenvalue weighted by Crippen LogP contribution is -2.47. The van der Waals surface area contributed by atoms with E-state index in [0.717, 1.165) is 22.3 Å². The van der Waals surface area contributed by atoms with Gasteiger partial charge in [-0.1, -0.05) is 53.7 Å². The highest BCUT2D eigenvalue weighted by Crippen LogP contribution is 2.44. The summed E-state index contributed by atoms with van der Waals surface area (Å²) < 4.78 is 10.4. The van der Waals surface area contributed by atoms with Crippen molar-refractivity contribution in [3.63, 3.8) is 0 Å². The SMILES string of the molecule is CN(C)CC(NC(=O)c1cc(NC(=O)OCC2c3ccccc3-c3ccccc32)on1)C(=O)O. The summed E-state index contributed by atoms with van der Waals surface area (Å²) in [4.78, 5) is 37.6. The highest BCUT2D eigenvalue weighted by molar-refractivity contribution is 5.96. The normalized spacial score (nSPS) is 13.1. The van der Waals surface area contributed by atoms with E-state index in [-0.39, 0.29) is 30.6 Å². The number of rotatable bonds is 8. The minimum absolute atomic E-state index is 0.0955. The fourth-order valence-corrected chi connectivity index (χ4v) is 3.96. The quantitative estimate of drug-likeness (QED) is 0.463. The molecule has 0 bridgehead atoms. The highest BCUT2D eigenvalue weighted by atomic mass is 16.6. The Kier molecular flexibility index (Phi) is 6.60. The fourth-order valence-electron chi connectivity index (χ4n) is 3.96. The third kappa shape index (κ3) is 4.91. The van der Waals surface area contributed by atoms with Crippen molar-refractivity contribution >= 4 is 23.9 Å². The van der Waals surface area contributed by atoms with Crippen molar-refractivity contribution in [2.75, 3.05) is 32.6 Å². The van der Waals surface area contributed by atoms with E-state index in [1.807, 2.05) is 48.5 Å². The van der Waals surface area contributed by atoms with Gasteiger partial charge in [-0.15, -0.1) is 0 Å². The van der Waals surface area contributed by atoms with Crippen LogP contribution in [0.15, 0.2) is 59.1 Å². The van der Waals surface area contributed by atoms with E-state index in [1.165, 1.54) is 6.07 Å². The van der Waals surface area contributed by atoms with Crippen LogP contribution in [0.25, 0.3) is 11.1 Å². The molecule has 0 radical (unpaired) electrons. The van der Waals surface area contributed by atoms with Gasteiger partial charge in [-0.05, 0) is 36.3 Å². The number of benzene rings is 2. The average Bonchev–Trinajstić information content (AvgIpc) is 3.39. The molecule has 0 spiro atoms. The first kappa shape index (κ1) is 23.0. The van der Waals surface area contributed by atoms with Crippen molar-refractivity contribution in [1.82, 2.24) is 15.4 Å². The number of hydrogen-bond acceptors (Lipinski definition) is 7. The number of ether oxygens (including phenoxy) is 1. The van der Waals surface area contributed by atoms with Gasteiger partial charge in [-0.3, -0.25) is 10.1 Å². The van der Waals surface area contributed by atoms with Gasteiger partial charge in [0, 0.05) is 18.5 Å². The van der Waals surface area contributed by atoms with Crippen molar-refractivity contribution in [3.05, 3.63) is 71.4 Å². The van der Waals surface area contributed by atoms with Crippen LogP contribution < -0.4 is 10.6 Å². The van der Waals surface area contributed by atoms with Crippen LogP contribution in [-0.4, -0.2) is 66.4 Å². The Hall–Kier alpha value is -4.18. The van der Waals surface area contributed by atoms with Crippen LogP contribution in [0.4, 0.5) is 10.7 Å². The smallest absolute Gasteiger partial charge is 0.414 e. The number of carboxylic acid groups (broad SMARTS) is 1. The van der Waals surface area contributed by atoms with Gasteiger partial charge in [-0.2, -0.15) is 0 Å². The Morgan fingerprint density at radius 3 is 2.29 bits per heavy atom. The molecule has 1 aromatic heterocycles. The Morgan fingerprint density at radius 2 is 1.71 bits per heavy atom. The number of fused-ring (bicyclic) bond motifs is 3. The van der Waals surface area contributed by atoms with Crippen LogP contribution in [0.3, 0.4) is 0 Å². The van der Waals surface area contributed by atoms with Gasteiger partial charge in [0.25, 0.3) is 5.91 Å². The van der Waals surface area contributed by atoms with Gasteiger partial charge < -0.3 is 24.6 Å². The first-order valence-electron chi connectivity index (χ1n) is 10.6. The van der Waals surface area contributed by atoms with E-state index in [1.54, 1.807) is 19.0 Å². The zero-order valence-corrected chi connectivity index (χ0v) is 18.6. The van der Waals surface area contributed by atoms with Crippen molar-refractivity contribution in [2.45, 2.75) is 12.0 Å². The van der Waals surface area contributed by atoms with Crippen molar-refractivity contribution < 1.29 is 28.8 Å². The van der Waals surface area contributed by atoms with E-state index in [9.17, 15) is 19.5 Å². The largest absolute Gasteiger partial charge is 0.480 e. The van der Waals surface area contributed by atoms with Crippen molar-refractivity contribution in [2.24, 2.45) is 0 Å². The molecular formula is C24H24N4O6. The van der Waals surface area contributed by atoms with Crippen LogP contribution >= 0.6 is 0 Å². The summed E-state index contributed by atoms with van der Waals surface area (Å²) in [5, 5.41) is 17.6. The molecule has 3 aromatic rings. The maximum atomic E-state index is 12.4. The first-order chi connectivity index (χ1) is 16.3. The predicted molar refractivity (Wildman–Crippen MR) is 123 cm³/mol. The minimum Gasteiger partial charge on any atom is -0.480 e. The molecule has 176 valence electrons. The summed E-state index contributed by atoms with van der Waals surface area (Å²) in [5.41, 5.74) is 4.24.